The maximum absolute atomic E-state index is 13.8. The minimum Gasteiger partial charge on any atom is -0.497 e. The van der Waals surface area contributed by atoms with Crippen LogP contribution >= 0.6 is 0 Å². The molecule has 0 radical (unpaired) electrons. The number of hydrogen-bond acceptors (Lipinski definition) is 4. The Kier molecular flexibility index (Phi) is 10.3. The highest BCUT2D eigenvalue weighted by Gasteiger charge is 2.31. The number of aryl methyl sites for hydroxylation is 2. The molecule has 3 aromatic rings. The van der Waals surface area contributed by atoms with E-state index in [-0.39, 0.29) is 31.0 Å². The van der Waals surface area contributed by atoms with Crippen molar-refractivity contribution in [2.24, 2.45) is 0 Å². The van der Waals surface area contributed by atoms with Crippen molar-refractivity contribution < 1.29 is 19.1 Å². The van der Waals surface area contributed by atoms with Gasteiger partial charge in [-0.15, -0.1) is 0 Å². The smallest absolute Gasteiger partial charge is 0.261 e. The van der Waals surface area contributed by atoms with Gasteiger partial charge < -0.3 is 19.7 Å². The average Bonchev–Trinajstić information content (AvgIpc) is 2.92. The maximum atomic E-state index is 13.8. The molecule has 6 heteroatoms. The van der Waals surface area contributed by atoms with Gasteiger partial charge in [0.1, 0.15) is 17.5 Å². The molecule has 2 atom stereocenters. The standard InChI is InChI=1S/C32H40N2O4/c1-7-24(4)33-32(36)29(19-26-12-9-8-10-13-26)34(20-27-14-11-15-28(18-27)37-6)31(35)21-38-30-17-22(2)16-23(3)25(30)5/h8-18,24,29H,7,19-21H2,1-6H3,(H,33,36)/t24-,29+/m1/s1. The first kappa shape index (κ1) is 28.8. The molecule has 0 spiro atoms. The molecule has 0 heterocycles. The Morgan fingerprint density at radius 2 is 1.66 bits per heavy atom. The third-order valence-electron chi connectivity index (χ3n) is 6.87. The van der Waals surface area contributed by atoms with E-state index in [1.807, 2.05) is 95.3 Å². The summed E-state index contributed by atoms with van der Waals surface area (Å²) in [5.74, 6) is 0.940. The van der Waals surface area contributed by atoms with Crippen molar-refractivity contribution in [2.75, 3.05) is 13.7 Å². The molecule has 0 aromatic heterocycles. The third kappa shape index (κ3) is 7.85. The summed E-state index contributed by atoms with van der Waals surface area (Å²) < 4.78 is 11.5. The summed E-state index contributed by atoms with van der Waals surface area (Å²) in [5, 5.41) is 3.09. The van der Waals surface area contributed by atoms with E-state index in [0.29, 0.717) is 17.9 Å². The highest BCUT2D eigenvalue weighted by Crippen LogP contribution is 2.24. The monoisotopic (exact) mass is 516 g/mol. The molecular weight excluding hydrogens is 476 g/mol. The van der Waals surface area contributed by atoms with Crippen molar-refractivity contribution in [2.45, 2.75) is 66.1 Å². The molecule has 3 aromatic carbocycles. The van der Waals surface area contributed by atoms with Crippen LogP contribution in [0, 0.1) is 20.8 Å². The summed E-state index contributed by atoms with van der Waals surface area (Å²) in [5.41, 5.74) is 5.02. The van der Waals surface area contributed by atoms with Crippen LogP contribution in [0.15, 0.2) is 66.7 Å². The van der Waals surface area contributed by atoms with Gasteiger partial charge in [0.2, 0.25) is 5.91 Å². The van der Waals surface area contributed by atoms with Gasteiger partial charge in [0.25, 0.3) is 5.91 Å². The third-order valence-corrected chi connectivity index (χ3v) is 6.87. The molecular formula is C32H40N2O4. The molecule has 2 amide bonds. The van der Waals surface area contributed by atoms with Gasteiger partial charge in [0.15, 0.2) is 6.61 Å². The van der Waals surface area contributed by atoms with Crippen molar-refractivity contribution in [3.8, 4) is 11.5 Å². The first-order valence-corrected chi connectivity index (χ1v) is 13.2. The molecule has 202 valence electrons. The Morgan fingerprint density at radius 3 is 2.34 bits per heavy atom. The van der Waals surface area contributed by atoms with E-state index in [1.54, 1.807) is 12.0 Å². The Morgan fingerprint density at radius 1 is 0.947 bits per heavy atom. The summed E-state index contributed by atoms with van der Waals surface area (Å²) in [7, 11) is 1.61. The van der Waals surface area contributed by atoms with Gasteiger partial charge in [-0.25, -0.2) is 0 Å². The average molecular weight is 517 g/mol. The highest BCUT2D eigenvalue weighted by atomic mass is 16.5. The normalized spacial score (nSPS) is 12.4. The number of rotatable bonds is 12. The fraction of sp³-hybridized carbons (Fsp3) is 0.375. The van der Waals surface area contributed by atoms with E-state index in [9.17, 15) is 9.59 Å². The molecule has 0 saturated heterocycles. The number of nitrogens with zero attached hydrogens (tertiary/aromatic N) is 1. The van der Waals surface area contributed by atoms with Gasteiger partial charge in [-0.3, -0.25) is 9.59 Å². The van der Waals surface area contributed by atoms with Gasteiger partial charge in [-0.2, -0.15) is 0 Å². The number of benzene rings is 3. The molecule has 0 fully saturated rings. The largest absolute Gasteiger partial charge is 0.497 e. The van der Waals surface area contributed by atoms with Crippen molar-refractivity contribution in [3.05, 3.63) is 94.5 Å². The van der Waals surface area contributed by atoms with Crippen LogP contribution in [-0.2, 0) is 22.6 Å². The number of methoxy groups -OCH3 is 1. The predicted octanol–water partition coefficient (Wildman–Crippen LogP) is 5.55. The number of amides is 2. The van der Waals surface area contributed by atoms with Crippen LogP contribution in [0.25, 0.3) is 0 Å². The minimum absolute atomic E-state index is 0.0105. The second kappa shape index (κ2) is 13.7. The predicted molar refractivity (Wildman–Crippen MR) is 152 cm³/mol. The summed E-state index contributed by atoms with van der Waals surface area (Å²) in [4.78, 5) is 29.1. The van der Waals surface area contributed by atoms with Crippen molar-refractivity contribution in [1.82, 2.24) is 10.2 Å². The molecule has 0 saturated carbocycles. The Bertz CT molecular complexity index is 1230. The zero-order valence-electron chi connectivity index (χ0n) is 23.4. The lowest BCUT2D eigenvalue weighted by molar-refractivity contribution is -0.143. The van der Waals surface area contributed by atoms with Crippen molar-refractivity contribution in [1.29, 1.82) is 0 Å². The number of ether oxygens (including phenoxy) is 2. The number of carbonyl (C=O) groups excluding carboxylic acids is 2. The molecule has 38 heavy (non-hydrogen) atoms. The quantitative estimate of drug-likeness (QED) is 0.343. The van der Waals surface area contributed by atoms with Crippen molar-refractivity contribution in [3.63, 3.8) is 0 Å². The molecule has 1 N–H and O–H groups in total. The van der Waals surface area contributed by atoms with Gasteiger partial charge in [-0.05, 0) is 80.1 Å². The lowest BCUT2D eigenvalue weighted by atomic mass is 10.0. The summed E-state index contributed by atoms with van der Waals surface area (Å²) in [6.45, 7) is 10.1. The molecule has 0 unspecified atom stereocenters. The number of carbonyl (C=O) groups is 2. The Balaban J connectivity index is 1.96. The van der Waals surface area contributed by atoms with E-state index in [2.05, 4.69) is 11.4 Å². The van der Waals surface area contributed by atoms with Gasteiger partial charge >= 0.3 is 0 Å². The van der Waals surface area contributed by atoms with E-state index < -0.39 is 6.04 Å². The van der Waals surface area contributed by atoms with Crippen LogP contribution in [0.3, 0.4) is 0 Å². The first-order valence-electron chi connectivity index (χ1n) is 13.2. The lowest BCUT2D eigenvalue weighted by Gasteiger charge is -2.32. The Hall–Kier alpha value is -3.80. The summed E-state index contributed by atoms with van der Waals surface area (Å²) in [6.07, 6.45) is 1.18. The number of nitrogens with one attached hydrogen (secondary N) is 1. The highest BCUT2D eigenvalue weighted by molar-refractivity contribution is 5.88. The summed E-state index contributed by atoms with van der Waals surface area (Å²) in [6, 6.07) is 20.7. The van der Waals surface area contributed by atoms with Gasteiger partial charge in [-0.1, -0.05) is 55.5 Å². The van der Waals surface area contributed by atoms with Crippen LogP contribution in [0.1, 0.15) is 48.1 Å². The van der Waals surface area contributed by atoms with Gasteiger partial charge in [0, 0.05) is 19.0 Å². The fourth-order valence-electron chi connectivity index (χ4n) is 4.34. The summed E-state index contributed by atoms with van der Waals surface area (Å²) >= 11 is 0. The molecule has 0 aliphatic rings. The topological polar surface area (TPSA) is 67.9 Å². The number of hydrogen-bond donors (Lipinski definition) is 1. The van der Waals surface area contributed by atoms with Crippen LogP contribution in [0.4, 0.5) is 0 Å². The van der Waals surface area contributed by atoms with Crippen LogP contribution in [0.2, 0.25) is 0 Å². The minimum atomic E-state index is -0.714. The fourth-order valence-corrected chi connectivity index (χ4v) is 4.34. The van der Waals surface area contributed by atoms with Crippen LogP contribution < -0.4 is 14.8 Å². The van der Waals surface area contributed by atoms with Crippen LogP contribution in [0.5, 0.6) is 11.5 Å². The maximum Gasteiger partial charge on any atom is 0.261 e. The molecule has 6 nitrogen and oxygen atoms in total. The van der Waals surface area contributed by atoms with E-state index in [0.717, 1.165) is 34.2 Å². The first-order chi connectivity index (χ1) is 18.2. The SMILES string of the molecule is CC[C@@H](C)NC(=O)[C@H](Cc1ccccc1)N(Cc1cccc(OC)c1)C(=O)COc1cc(C)cc(C)c1C. The molecule has 0 aliphatic carbocycles. The second-order valence-corrected chi connectivity index (χ2v) is 9.89. The van der Waals surface area contributed by atoms with Crippen LogP contribution in [-0.4, -0.2) is 42.5 Å². The van der Waals surface area contributed by atoms with Gasteiger partial charge in [0.05, 0.1) is 7.11 Å². The molecule has 3 rings (SSSR count). The zero-order valence-corrected chi connectivity index (χ0v) is 23.4. The molecule has 0 aliphatic heterocycles. The van der Waals surface area contributed by atoms with E-state index in [4.69, 9.17) is 9.47 Å². The zero-order chi connectivity index (χ0) is 27.7. The van der Waals surface area contributed by atoms with E-state index in [1.165, 1.54) is 0 Å². The Labute approximate surface area is 227 Å². The van der Waals surface area contributed by atoms with Crippen molar-refractivity contribution >= 4 is 11.8 Å². The lowest BCUT2D eigenvalue weighted by Crippen LogP contribution is -2.53. The molecule has 0 bridgehead atoms. The second-order valence-electron chi connectivity index (χ2n) is 9.89. The van der Waals surface area contributed by atoms with E-state index >= 15 is 0 Å².